The van der Waals surface area contributed by atoms with Crippen LogP contribution in [-0.2, 0) is 0 Å². The molecule has 2 rings (SSSR count). The lowest BCUT2D eigenvalue weighted by Crippen LogP contribution is -2.12. The van der Waals surface area contributed by atoms with Crippen molar-refractivity contribution in [1.29, 1.82) is 0 Å². The number of rotatable bonds is 6. The number of ether oxygens (including phenoxy) is 2. The topological polar surface area (TPSA) is 81.5 Å². The predicted octanol–water partition coefficient (Wildman–Crippen LogP) is 1.94. The summed E-state index contributed by atoms with van der Waals surface area (Å²) < 4.78 is 10.7. The van der Waals surface area contributed by atoms with Gasteiger partial charge in [-0.1, -0.05) is 18.2 Å². The zero-order valence-corrected chi connectivity index (χ0v) is 10.9. The van der Waals surface area contributed by atoms with Gasteiger partial charge in [0.15, 0.2) is 5.69 Å². The van der Waals surface area contributed by atoms with Gasteiger partial charge >= 0.3 is 12.0 Å². The quantitative estimate of drug-likeness (QED) is 0.811. The van der Waals surface area contributed by atoms with Gasteiger partial charge in [0, 0.05) is 5.69 Å². The summed E-state index contributed by atoms with van der Waals surface area (Å²) in [5, 5.41) is 8.88. The third kappa shape index (κ3) is 3.94. The maximum Gasteiger partial charge on any atom is 0.354 e. The summed E-state index contributed by atoms with van der Waals surface area (Å²) >= 11 is 0. The highest BCUT2D eigenvalue weighted by Crippen LogP contribution is 2.09. The van der Waals surface area contributed by atoms with E-state index in [1.54, 1.807) is 6.92 Å². The van der Waals surface area contributed by atoms with E-state index in [9.17, 15) is 4.79 Å². The van der Waals surface area contributed by atoms with E-state index in [0.29, 0.717) is 12.3 Å². The second-order valence-electron chi connectivity index (χ2n) is 3.99. The molecule has 0 aliphatic rings. The molecule has 1 aromatic carbocycles. The highest BCUT2D eigenvalue weighted by atomic mass is 16.5. The van der Waals surface area contributed by atoms with Crippen molar-refractivity contribution in [2.24, 2.45) is 0 Å². The van der Waals surface area contributed by atoms with Gasteiger partial charge < -0.3 is 14.6 Å². The number of aromatic nitrogens is 2. The third-order valence-electron chi connectivity index (χ3n) is 2.38. The first-order valence-electron chi connectivity index (χ1n) is 6.05. The molecular weight excluding hydrogens is 260 g/mol. The monoisotopic (exact) mass is 274 g/mol. The summed E-state index contributed by atoms with van der Waals surface area (Å²) in [5.41, 5.74) is 0.452. The first-order valence-corrected chi connectivity index (χ1v) is 6.05. The number of nitrogens with zero attached hydrogens (tertiary/aromatic N) is 2. The van der Waals surface area contributed by atoms with E-state index >= 15 is 0 Å². The summed E-state index contributed by atoms with van der Waals surface area (Å²) in [6.07, 6.45) is 0. The Labute approximate surface area is 116 Å². The van der Waals surface area contributed by atoms with Crippen LogP contribution in [0.2, 0.25) is 0 Å². The average molecular weight is 274 g/mol. The second kappa shape index (κ2) is 6.51. The number of carboxylic acid groups (broad SMARTS) is 1. The van der Waals surface area contributed by atoms with Gasteiger partial charge in [-0.2, -0.15) is 4.98 Å². The molecule has 0 fully saturated rings. The molecule has 1 N–H and O–H groups in total. The number of hydrogen-bond donors (Lipinski definition) is 1. The molecule has 104 valence electrons. The summed E-state index contributed by atoms with van der Waals surface area (Å²) in [4.78, 5) is 18.6. The van der Waals surface area contributed by atoms with Crippen molar-refractivity contribution in [2.45, 2.75) is 6.92 Å². The van der Waals surface area contributed by atoms with E-state index in [0.717, 1.165) is 5.75 Å². The molecule has 0 aliphatic heterocycles. The lowest BCUT2D eigenvalue weighted by molar-refractivity contribution is 0.0688. The number of benzene rings is 1. The van der Waals surface area contributed by atoms with E-state index in [4.69, 9.17) is 14.6 Å². The lowest BCUT2D eigenvalue weighted by atomic mass is 10.3. The Morgan fingerprint density at radius 2 is 1.85 bits per heavy atom. The van der Waals surface area contributed by atoms with E-state index in [1.807, 2.05) is 30.3 Å². The predicted molar refractivity (Wildman–Crippen MR) is 71.2 cm³/mol. The fourth-order valence-corrected chi connectivity index (χ4v) is 1.52. The van der Waals surface area contributed by atoms with Gasteiger partial charge in [-0.05, 0) is 25.1 Å². The molecule has 0 atom stereocenters. The third-order valence-corrected chi connectivity index (χ3v) is 2.38. The van der Waals surface area contributed by atoms with Crippen molar-refractivity contribution >= 4 is 5.97 Å². The molecule has 0 unspecified atom stereocenters. The lowest BCUT2D eigenvalue weighted by Gasteiger charge is -2.07. The maximum absolute atomic E-state index is 10.8. The van der Waals surface area contributed by atoms with E-state index in [1.165, 1.54) is 6.07 Å². The number of para-hydroxylation sites is 1. The summed E-state index contributed by atoms with van der Waals surface area (Å²) in [7, 11) is 0. The molecule has 0 saturated carbocycles. The van der Waals surface area contributed by atoms with Crippen LogP contribution in [-0.4, -0.2) is 34.3 Å². The van der Waals surface area contributed by atoms with Crippen LogP contribution >= 0.6 is 0 Å². The fourth-order valence-electron chi connectivity index (χ4n) is 1.52. The van der Waals surface area contributed by atoms with Gasteiger partial charge in [-0.15, -0.1) is 0 Å². The highest BCUT2D eigenvalue weighted by molar-refractivity contribution is 5.85. The van der Waals surface area contributed by atoms with Gasteiger partial charge in [-0.25, -0.2) is 9.78 Å². The zero-order chi connectivity index (χ0) is 14.4. The van der Waals surface area contributed by atoms with Gasteiger partial charge in [0.25, 0.3) is 0 Å². The van der Waals surface area contributed by atoms with Gasteiger partial charge in [-0.3, -0.25) is 0 Å². The number of aromatic carboxylic acids is 1. The number of aryl methyl sites for hydroxylation is 1. The second-order valence-corrected chi connectivity index (χ2v) is 3.99. The van der Waals surface area contributed by atoms with Crippen molar-refractivity contribution in [3.8, 4) is 11.8 Å². The first kappa shape index (κ1) is 13.8. The smallest absolute Gasteiger partial charge is 0.354 e. The highest BCUT2D eigenvalue weighted by Gasteiger charge is 2.09. The minimum Gasteiger partial charge on any atom is -0.490 e. The number of carbonyl (C=O) groups is 1. The fraction of sp³-hybridized carbons (Fsp3) is 0.214. The molecule has 0 spiro atoms. The summed E-state index contributed by atoms with van der Waals surface area (Å²) in [5.74, 6) is -0.367. The molecule has 1 heterocycles. The van der Waals surface area contributed by atoms with Crippen LogP contribution in [0.3, 0.4) is 0 Å². The number of hydrogen-bond acceptors (Lipinski definition) is 5. The molecule has 0 radical (unpaired) electrons. The molecule has 0 bridgehead atoms. The van der Waals surface area contributed by atoms with Crippen LogP contribution in [0.5, 0.6) is 11.8 Å². The molecule has 0 saturated heterocycles. The van der Waals surface area contributed by atoms with Gasteiger partial charge in [0.1, 0.15) is 19.0 Å². The Morgan fingerprint density at radius 1 is 1.15 bits per heavy atom. The normalized spacial score (nSPS) is 10.1. The Morgan fingerprint density at radius 3 is 2.55 bits per heavy atom. The van der Waals surface area contributed by atoms with Crippen molar-refractivity contribution < 1.29 is 19.4 Å². The zero-order valence-electron chi connectivity index (χ0n) is 10.9. The van der Waals surface area contributed by atoms with E-state index < -0.39 is 5.97 Å². The van der Waals surface area contributed by atoms with E-state index in [2.05, 4.69) is 9.97 Å². The minimum atomic E-state index is -1.11. The average Bonchev–Trinajstić information content (AvgIpc) is 2.44. The molecule has 0 amide bonds. The standard InChI is InChI=1S/C14H14N2O4/c1-10-9-12(13(17)18)16-14(15-10)20-8-7-19-11-5-3-2-4-6-11/h2-6,9H,7-8H2,1H3,(H,17,18). The number of carboxylic acids is 1. The Bertz CT molecular complexity index is 587. The molecule has 6 nitrogen and oxygen atoms in total. The molecule has 2 aromatic rings. The Balaban J connectivity index is 1.86. The Kier molecular flexibility index (Phi) is 4.49. The molecule has 0 aliphatic carbocycles. The Hall–Kier alpha value is -2.63. The molecular formula is C14H14N2O4. The van der Waals surface area contributed by atoms with Crippen LogP contribution in [0.1, 0.15) is 16.2 Å². The van der Waals surface area contributed by atoms with Crippen molar-refractivity contribution in [1.82, 2.24) is 9.97 Å². The van der Waals surface area contributed by atoms with Gasteiger partial charge in [0.2, 0.25) is 0 Å². The molecule has 6 heteroatoms. The van der Waals surface area contributed by atoms with Crippen molar-refractivity contribution in [2.75, 3.05) is 13.2 Å². The van der Waals surface area contributed by atoms with Crippen LogP contribution < -0.4 is 9.47 Å². The van der Waals surface area contributed by atoms with Crippen molar-refractivity contribution in [3.05, 3.63) is 47.8 Å². The minimum absolute atomic E-state index is 0.0408. The van der Waals surface area contributed by atoms with Crippen LogP contribution in [0.15, 0.2) is 36.4 Å². The molecule has 1 aromatic heterocycles. The van der Waals surface area contributed by atoms with Crippen LogP contribution in [0.25, 0.3) is 0 Å². The first-order chi connectivity index (χ1) is 9.65. The molecule has 20 heavy (non-hydrogen) atoms. The van der Waals surface area contributed by atoms with Crippen LogP contribution in [0, 0.1) is 6.92 Å². The van der Waals surface area contributed by atoms with Gasteiger partial charge in [0.05, 0.1) is 0 Å². The van der Waals surface area contributed by atoms with Crippen LogP contribution in [0.4, 0.5) is 0 Å². The van der Waals surface area contributed by atoms with E-state index in [-0.39, 0.29) is 18.3 Å². The summed E-state index contributed by atoms with van der Waals surface area (Å²) in [6.45, 7) is 2.24. The SMILES string of the molecule is Cc1cc(C(=O)O)nc(OCCOc2ccccc2)n1. The maximum atomic E-state index is 10.8. The largest absolute Gasteiger partial charge is 0.490 e. The van der Waals surface area contributed by atoms with Crippen molar-refractivity contribution in [3.63, 3.8) is 0 Å². The summed E-state index contributed by atoms with van der Waals surface area (Å²) in [6, 6.07) is 10.8.